The fourth-order valence-corrected chi connectivity index (χ4v) is 3.41. The van der Waals surface area contributed by atoms with Crippen LogP contribution < -0.4 is 15.4 Å². The Labute approximate surface area is 168 Å². The van der Waals surface area contributed by atoms with Gasteiger partial charge in [0.25, 0.3) is 0 Å². The number of nitrogens with one attached hydrogen (secondary N) is 2. The number of benzene rings is 2. The number of carbonyl (C=O) groups is 1. The lowest BCUT2D eigenvalue weighted by Crippen LogP contribution is -2.22. The number of fused-ring (bicyclic) bond motifs is 1. The monoisotopic (exact) mass is 392 g/mol. The molecule has 148 valence electrons. The van der Waals surface area contributed by atoms with Crippen LogP contribution in [0.1, 0.15) is 29.4 Å². The second-order valence-corrected chi connectivity index (χ2v) is 7.14. The number of methoxy groups -OCH3 is 1. The highest BCUT2D eigenvalue weighted by Crippen LogP contribution is 2.32. The van der Waals surface area contributed by atoms with Gasteiger partial charge in [-0.25, -0.2) is 9.37 Å². The SMILES string of the molecule is COc1cccc(Nc2nc(Nc3ccc(F)cc3)nc3c2C(=O)CC(C)C3)c1. The normalized spacial score (nSPS) is 15.6. The van der Waals surface area contributed by atoms with E-state index in [1.54, 1.807) is 19.2 Å². The van der Waals surface area contributed by atoms with E-state index < -0.39 is 0 Å². The molecule has 0 fully saturated rings. The average Bonchev–Trinajstić information content (AvgIpc) is 2.69. The number of rotatable bonds is 5. The second kappa shape index (κ2) is 7.87. The molecule has 29 heavy (non-hydrogen) atoms. The lowest BCUT2D eigenvalue weighted by Gasteiger charge is -2.23. The van der Waals surface area contributed by atoms with E-state index in [2.05, 4.69) is 20.6 Å². The van der Waals surface area contributed by atoms with Crippen LogP contribution in [0.25, 0.3) is 0 Å². The van der Waals surface area contributed by atoms with Crippen LogP contribution in [-0.4, -0.2) is 22.9 Å². The van der Waals surface area contributed by atoms with Gasteiger partial charge in [-0.05, 0) is 48.7 Å². The molecule has 0 radical (unpaired) electrons. The quantitative estimate of drug-likeness (QED) is 0.645. The van der Waals surface area contributed by atoms with Crippen molar-refractivity contribution >= 4 is 28.9 Å². The summed E-state index contributed by atoms with van der Waals surface area (Å²) in [5.74, 6) is 1.42. The average molecular weight is 392 g/mol. The summed E-state index contributed by atoms with van der Waals surface area (Å²) in [6.45, 7) is 2.03. The lowest BCUT2D eigenvalue weighted by atomic mass is 9.87. The van der Waals surface area contributed by atoms with E-state index in [-0.39, 0.29) is 17.5 Å². The van der Waals surface area contributed by atoms with Crippen LogP contribution in [0.5, 0.6) is 5.75 Å². The molecule has 1 heterocycles. The maximum absolute atomic E-state index is 13.2. The van der Waals surface area contributed by atoms with Gasteiger partial charge in [-0.3, -0.25) is 4.79 Å². The predicted molar refractivity (Wildman–Crippen MR) is 110 cm³/mol. The van der Waals surface area contributed by atoms with E-state index >= 15 is 0 Å². The number of Topliss-reactive ketones (excluding diaryl/α,β-unsaturated/α-hetero) is 1. The van der Waals surface area contributed by atoms with Gasteiger partial charge in [0.2, 0.25) is 5.95 Å². The van der Waals surface area contributed by atoms with E-state index in [1.807, 2.05) is 31.2 Å². The molecule has 2 aromatic carbocycles. The first-order chi connectivity index (χ1) is 14.0. The Hall–Kier alpha value is -3.48. The van der Waals surface area contributed by atoms with Crippen LogP contribution in [0, 0.1) is 11.7 Å². The smallest absolute Gasteiger partial charge is 0.229 e. The highest BCUT2D eigenvalue weighted by Gasteiger charge is 2.28. The third-order valence-corrected chi connectivity index (χ3v) is 4.77. The van der Waals surface area contributed by atoms with Crippen molar-refractivity contribution in [2.24, 2.45) is 5.92 Å². The van der Waals surface area contributed by atoms with Crippen molar-refractivity contribution in [2.45, 2.75) is 19.8 Å². The van der Waals surface area contributed by atoms with Gasteiger partial charge in [-0.1, -0.05) is 13.0 Å². The van der Waals surface area contributed by atoms with Gasteiger partial charge in [0.1, 0.15) is 17.4 Å². The molecule has 1 aromatic heterocycles. The van der Waals surface area contributed by atoms with Gasteiger partial charge in [-0.15, -0.1) is 0 Å². The third kappa shape index (κ3) is 4.18. The van der Waals surface area contributed by atoms with Crippen molar-refractivity contribution in [2.75, 3.05) is 17.7 Å². The van der Waals surface area contributed by atoms with Crippen molar-refractivity contribution in [1.29, 1.82) is 0 Å². The number of nitrogens with zero attached hydrogens (tertiary/aromatic N) is 2. The summed E-state index contributed by atoms with van der Waals surface area (Å²) in [5, 5.41) is 6.33. The van der Waals surface area contributed by atoms with Crippen LogP contribution in [0.4, 0.5) is 27.5 Å². The van der Waals surface area contributed by atoms with Crippen molar-refractivity contribution in [3.8, 4) is 5.75 Å². The second-order valence-electron chi connectivity index (χ2n) is 7.14. The van der Waals surface area contributed by atoms with Crippen LogP contribution in [0.3, 0.4) is 0 Å². The number of carbonyl (C=O) groups excluding carboxylic acids is 1. The highest BCUT2D eigenvalue weighted by molar-refractivity contribution is 6.03. The number of aromatic nitrogens is 2. The standard InChI is InChI=1S/C22H21FN4O2/c1-13-10-18-20(19(28)11-13)21(24-16-4-3-5-17(12-16)29-2)27-22(26-18)25-15-8-6-14(23)7-9-15/h3-9,12-13H,10-11H2,1-2H3,(H2,24,25,26,27). The zero-order chi connectivity index (χ0) is 20.4. The van der Waals surface area contributed by atoms with Crippen LogP contribution in [-0.2, 0) is 6.42 Å². The molecule has 1 atom stereocenters. The molecule has 3 aromatic rings. The minimum atomic E-state index is -0.318. The highest BCUT2D eigenvalue weighted by atomic mass is 19.1. The Morgan fingerprint density at radius 1 is 1.03 bits per heavy atom. The number of ketones is 1. The minimum Gasteiger partial charge on any atom is -0.497 e. The predicted octanol–water partition coefficient (Wildman–Crippen LogP) is 4.88. The Morgan fingerprint density at radius 2 is 1.83 bits per heavy atom. The molecule has 6 nitrogen and oxygen atoms in total. The first-order valence-electron chi connectivity index (χ1n) is 9.39. The minimum absolute atomic E-state index is 0.0254. The van der Waals surface area contributed by atoms with Crippen LogP contribution in [0.15, 0.2) is 48.5 Å². The topological polar surface area (TPSA) is 76.1 Å². The van der Waals surface area contributed by atoms with Crippen LogP contribution in [0.2, 0.25) is 0 Å². The fraction of sp³-hybridized carbons (Fsp3) is 0.227. The zero-order valence-electron chi connectivity index (χ0n) is 16.2. The van der Waals surface area contributed by atoms with E-state index in [4.69, 9.17) is 4.74 Å². The summed E-state index contributed by atoms with van der Waals surface area (Å²) >= 11 is 0. The number of ether oxygens (including phenoxy) is 1. The van der Waals surface area contributed by atoms with Crippen molar-refractivity contribution in [3.05, 3.63) is 65.6 Å². The Kier molecular flexibility index (Phi) is 5.12. The van der Waals surface area contributed by atoms with Gasteiger partial charge in [0.15, 0.2) is 5.78 Å². The van der Waals surface area contributed by atoms with Crippen molar-refractivity contribution in [1.82, 2.24) is 9.97 Å². The summed E-state index contributed by atoms with van der Waals surface area (Å²) in [6.07, 6.45) is 1.16. The molecule has 4 rings (SSSR count). The van der Waals surface area contributed by atoms with Gasteiger partial charge in [0, 0.05) is 23.9 Å². The summed E-state index contributed by atoms with van der Waals surface area (Å²) < 4.78 is 18.5. The maximum atomic E-state index is 13.2. The number of halogens is 1. The van der Waals surface area contributed by atoms with Gasteiger partial charge < -0.3 is 15.4 Å². The van der Waals surface area contributed by atoms with E-state index in [9.17, 15) is 9.18 Å². The Bertz CT molecular complexity index is 1050. The molecule has 0 amide bonds. The molecule has 7 heteroatoms. The van der Waals surface area contributed by atoms with E-state index in [1.165, 1.54) is 12.1 Å². The van der Waals surface area contributed by atoms with Gasteiger partial charge >= 0.3 is 0 Å². The molecule has 0 aliphatic heterocycles. The first-order valence-corrected chi connectivity index (χ1v) is 9.39. The number of anilines is 4. The molecule has 1 aliphatic rings. The molecule has 1 aliphatic carbocycles. The first kappa shape index (κ1) is 18.9. The molecule has 1 unspecified atom stereocenters. The van der Waals surface area contributed by atoms with E-state index in [0.717, 1.165) is 5.69 Å². The Morgan fingerprint density at radius 3 is 2.59 bits per heavy atom. The zero-order valence-corrected chi connectivity index (χ0v) is 16.2. The fourth-order valence-electron chi connectivity index (χ4n) is 3.41. The van der Waals surface area contributed by atoms with Gasteiger partial charge in [-0.2, -0.15) is 4.98 Å². The van der Waals surface area contributed by atoms with Crippen LogP contribution >= 0.6 is 0 Å². The molecule has 0 spiro atoms. The number of hydrogen-bond donors (Lipinski definition) is 2. The lowest BCUT2D eigenvalue weighted by molar-refractivity contribution is 0.0953. The Balaban J connectivity index is 1.74. The largest absolute Gasteiger partial charge is 0.497 e. The summed E-state index contributed by atoms with van der Waals surface area (Å²) in [7, 11) is 1.60. The maximum Gasteiger partial charge on any atom is 0.229 e. The van der Waals surface area contributed by atoms with E-state index in [0.29, 0.717) is 47.3 Å². The number of hydrogen-bond acceptors (Lipinski definition) is 6. The molecule has 0 saturated carbocycles. The molecule has 0 bridgehead atoms. The molecule has 2 N–H and O–H groups in total. The summed E-state index contributed by atoms with van der Waals surface area (Å²) in [6, 6.07) is 13.4. The summed E-state index contributed by atoms with van der Waals surface area (Å²) in [4.78, 5) is 21.8. The van der Waals surface area contributed by atoms with Gasteiger partial charge in [0.05, 0.1) is 18.4 Å². The molecule has 0 saturated heterocycles. The van der Waals surface area contributed by atoms with Crippen molar-refractivity contribution < 1.29 is 13.9 Å². The van der Waals surface area contributed by atoms with Crippen molar-refractivity contribution in [3.63, 3.8) is 0 Å². The summed E-state index contributed by atoms with van der Waals surface area (Å²) in [5.41, 5.74) is 2.65. The molecular weight excluding hydrogens is 371 g/mol. The molecular formula is C22H21FN4O2. The third-order valence-electron chi connectivity index (χ3n) is 4.77.